The van der Waals surface area contributed by atoms with E-state index in [1.165, 1.54) is 49.4 Å². The first-order chi connectivity index (χ1) is 13.3. The maximum atomic E-state index is 2.47. The Kier molecular flexibility index (Phi) is 2.96. The summed E-state index contributed by atoms with van der Waals surface area (Å²) >= 11 is 0. The largest absolute Gasteiger partial charge is 0.310 e. The lowest BCUT2D eigenvalue weighted by Crippen LogP contribution is -2.55. The summed E-state index contributed by atoms with van der Waals surface area (Å²) in [7, 11) is 0. The lowest BCUT2D eigenvalue weighted by atomic mass is 9.35. The molecule has 0 unspecified atom stereocenters. The van der Waals surface area contributed by atoms with Crippen LogP contribution >= 0.6 is 0 Å². The second kappa shape index (κ2) is 5.37. The van der Waals surface area contributed by atoms with Crippen LogP contribution in [0.3, 0.4) is 0 Å². The van der Waals surface area contributed by atoms with E-state index >= 15 is 0 Å². The smallest absolute Gasteiger partial charge is 0.246 e. The van der Waals surface area contributed by atoms with Crippen molar-refractivity contribution >= 4 is 44.9 Å². The Balaban J connectivity index is 1.85. The highest BCUT2D eigenvalue weighted by Gasteiger charge is 2.33. The number of hydrogen-bond acceptors (Lipinski definition) is 0. The minimum absolute atomic E-state index is 0.265. The standard InChI is InChI=1S/C25H18BN/c1-17-14-15-24-22(16-17)26(18-8-3-2-4-9-18)21-12-7-11-20-19-10-5-6-13-23(19)27(24)25(20)21/h2-16H,1H3. The molecule has 1 nitrogen and oxygen atoms in total. The third-order valence-electron chi connectivity index (χ3n) is 5.90. The molecule has 6 rings (SSSR count). The average molecular weight is 343 g/mol. The van der Waals surface area contributed by atoms with Crippen molar-refractivity contribution in [1.82, 2.24) is 4.57 Å². The number of hydrogen-bond donors (Lipinski definition) is 0. The van der Waals surface area contributed by atoms with Crippen molar-refractivity contribution in [3.8, 4) is 5.69 Å². The highest BCUT2D eigenvalue weighted by atomic mass is 15.0. The maximum absolute atomic E-state index is 2.47. The summed E-state index contributed by atoms with van der Waals surface area (Å²) < 4.78 is 2.47. The molecule has 0 atom stereocenters. The van der Waals surface area contributed by atoms with Crippen LogP contribution in [0.2, 0.25) is 0 Å². The van der Waals surface area contributed by atoms with E-state index in [9.17, 15) is 0 Å². The summed E-state index contributed by atoms with van der Waals surface area (Å²) in [5.74, 6) is 0. The number of fused-ring (bicyclic) bond motifs is 5. The molecule has 0 bridgehead atoms. The molecular formula is C25H18BN. The Morgan fingerprint density at radius 2 is 1.44 bits per heavy atom. The van der Waals surface area contributed by atoms with Crippen LogP contribution in [0.25, 0.3) is 27.5 Å². The fourth-order valence-corrected chi connectivity index (χ4v) is 4.81. The molecule has 0 radical (unpaired) electrons. The van der Waals surface area contributed by atoms with Gasteiger partial charge in [-0.25, -0.2) is 0 Å². The second-order valence-electron chi connectivity index (χ2n) is 7.50. The fraction of sp³-hybridized carbons (Fsp3) is 0.0400. The van der Waals surface area contributed by atoms with E-state index in [2.05, 4.69) is 102 Å². The molecule has 0 N–H and O–H groups in total. The van der Waals surface area contributed by atoms with E-state index in [1.54, 1.807) is 0 Å². The van der Waals surface area contributed by atoms with Crippen LogP contribution in [0.1, 0.15) is 5.56 Å². The van der Waals surface area contributed by atoms with Crippen LogP contribution < -0.4 is 16.4 Å². The van der Waals surface area contributed by atoms with Crippen LogP contribution in [-0.4, -0.2) is 11.3 Å². The first-order valence-electron chi connectivity index (χ1n) is 9.51. The Bertz CT molecular complexity index is 1330. The Morgan fingerprint density at radius 3 is 2.33 bits per heavy atom. The summed E-state index contributed by atoms with van der Waals surface area (Å²) in [5.41, 5.74) is 9.39. The SMILES string of the molecule is Cc1ccc2c(c1)B(c1ccccc1)c1cccc3c4ccccc4n-2c13. The van der Waals surface area contributed by atoms with Gasteiger partial charge in [0.1, 0.15) is 0 Å². The molecule has 0 saturated carbocycles. The molecule has 27 heavy (non-hydrogen) atoms. The van der Waals surface area contributed by atoms with E-state index < -0.39 is 0 Å². The number of nitrogens with zero attached hydrogens (tertiary/aromatic N) is 1. The summed E-state index contributed by atoms with van der Waals surface area (Å²) in [6.45, 7) is 2.45. The molecule has 0 aliphatic carbocycles. The van der Waals surface area contributed by atoms with Gasteiger partial charge < -0.3 is 4.57 Å². The van der Waals surface area contributed by atoms with Crippen LogP contribution in [0.4, 0.5) is 0 Å². The van der Waals surface area contributed by atoms with Gasteiger partial charge >= 0.3 is 0 Å². The summed E-state index contributed by atoms with van der Waals surface area (Å²) in [6, 6.07) is 33.3. The van der Waals surface area contributed by atoms with Crippen molar-refractivity contribution in [2.24, 2.45) is 0 Å². The highest BCUT2D eigenvalue weighted by molar-refractivity contribution is 6.98. The summed E-state index contributed by atoms with van der Waals surface area (Å²) in [4.78, 5) is 0. The number of aryl methyl sites for hydroxylation is 1. The Hall–Kier alpha value is -3.26. The molecule has 4 aromatic carbocycles. The van der Waals surface area contributed by atoms with E-state index in [1.807, 2.05) is 0 Å². The minimum atomic E-state index is 0.265. The molecule has 1 aliphatic rings. The quantitative estimate of drug-likeness (QED) is 0.399. The lowest BCUT2D eigenvalue weighted by molar-refractivity contribution is 1.18. The maximum Gasteiger partial charge on any atom is 0.246 e. The zero-order valence-corrected chi connectivity index (χ0v) is 15.2. The normalized spacial score (nSPS) is 12.6. The van der Waals surface area contributed by atoms with Crippen molar-refractivity contribution < 1.29 is 0 Å². The van der Waals surface area contributed by atoms with Crippen LogP contribution in [0, 0.1) is 6.92 Å². The molecule has 0 fully saturated rings. The van der Waals surface area contributed by atoms with E-state index in [-0.39, 0.29) is 6.71 Å². The zero-order chi connectivity index (χ0) is 18.0. The van der Waals surface area contributed by atoms with Crippen LogP contribution in [-0.2, 0) is 0 Å². The third-order valence-corrected chi connectivity index (χ3v) is 5.90. The van der Waals surface area contributed by atoms with Gasteiger partial charge in [0.05, 0.1) is 5.52 Å². The van der Waals surface area contributed by atoms with Gasteiger partial charge in [0.25, 0.3) is 0 Å². The molecule has 2 heteroatoms. The highest BCUT2D eigenvalue weighted by Crippen LogP contribution is 2.32. The van der Waals surface area contributed by atoms with E-state index in [4.69, 9.17) is 0 Å². The van der Waals surface area contributed by atoms with Gasteiger partial charge in [-0.2, -0.15) is 0 Å². The van der Waals surface area contributed by atoms with Gasteiger partial charge in [0.15, 0.2) is 0 Å². The van der Waals surface area contributed by atoms with Crippen molar-refractivity contribution in [1.29, 1.82) is 0 Å². The first-order valence-corrected chi connectivity index (χ1v) is 9.51. The van der Waals surface area contributed by atoms with Gasteiger partial charge in [-0.1, -0.05) is 89.9 Å². The molecule has 0 saturated heterocycles. The molecule has 1 aliphatic heterocycles. The first kappa shape index (κ1) is 14.9. The van der Waals surface area contributed by atoms with Gasteiger partial charge in [0.2, 0.25) is 6.71 Å². The number of benzene rings is 4. The number of rotatable bonds is 1. The predicted octanol–water partition coefficient (Wildman–Crippen LogP) is 3.92. The number of aromatic nitrogens is 1. The molecule has 2 heterocycles. The number of para-hydroxylation sites is 2. The monoisotopic (exact) mass is 343 g/mol. The van der Waals surface area contributed by atoms with Gasteiger partial charge in [-0.05, 0) is 30.0 Å². The van der Waals surface area contributed by atoms with Crippen molar-refractivity contribution in [3.05, 3.63) is 96.6 Å². The van der Waals surface area contributed by atoms with Gasteiger partial charge in [-0.3, -0.25) is 0 Å². The Labute approximate surface area is 159 Å². The zero-order valence-electron chi connectivity index (χ0n) is 15.2. The third kappa shape index (κ3) is 1.96. The van der Waals surface area contributed by atoms with Crippen molar-refractivity contribution in [2.75, 3.05) is 0 Å². The molecule has 126 valence electrons. The van der Waals surface area contributed by atoms with E-state index in [0.717, 1.165) is 0 Å². The molecule has 1 aromatic heterocycles. The Morgan fingerprint density at radius 1 is 0.667 bits per heavy atom. The molecule has 0 amide bonds. The molecule has 5 aromatic rings. The fourth-order valence-electron chi connectivity index (χ4n) is 4.81. The topological polar surface area (TPSA) is 4.93 Å². The van der Waals surface area contributed by atoms with E-state index in [0.29, 0.717) is 0 Å². The predicted molar refractivity (Wildman–Crippen MR) is 117 cm³/mol. The van der Waals surface area contributed by atoms with Crippen LogP contribution in [0.15, 0.2) is 91.0 Å². The van der Waals surface area contributed by atoms with Gasteiger partial charge in [0, 0.05) is 22.0 Å². The average Bonchev–Trinajstić information content (AvgIpc) is 3.05. The summed E-state index contributed by atoms with van der Waals surface area (Å²) in [6.07, 6.45) is 0. The second-order valence-corrected chi connectivity index (χ2v) is 7.50. The molecular weight excluding hydrogens is 325 g/mol. The summed E-state index contributed by atoms with van der Waals surface area (Å²) in [5, 5.41) is 2.67. The van der Waals surface area contributed by atoms with Crippen LogP contribution in [0.5, 0.6) is 0 Å². The molecule has 0 spiro atoms. The lowest BCUT2D eigenvalue weighted by Gasteiger charge is -2.27. The minimum Gasteiger partial charge on any atom is -0.310 e. The van der Waals surface area contributed by atoms with Crippen molar-refractivity contribution in [2.45, 2.75) is 6.92 Å². The van der Waals surface area contributed by atoms with Crippen molar-refractivity contribution in [3.63, 3.8) is 0 Å². The van der Waals surface area contributed by atoms with Gasteiger partial charge in [-0.15, -0.1) is 0 Å².